The van der Waals surface area contributed by atoms with Crippen molar-refractivity contribution >= 4 is 5.82 Å². The molecule has 1 fully saturated rings. The van der Waals surface area contributed by atoms with Crippen molar-refractivity contribution in [2.24, 2.45) is 0 Å². The molecule has 0 unspecified atom stereocenters. The first-order valence-electron chi connectivity index (χ1n) is 7.07. The molecule has 0 spiro atoms. The lowest BCUT2D eigenvalue weighted by atomic mass is 10.3. The fraction of sp³-hybridized carbons (Fsp3) is 0.538. The molecular weight excluding hydrogens is 313 g/mol. The first-order chi connectivity index (χ1) is 10.9. The van der Waals surface area contributed by atoms with Gasteiger partial charge in [0, 0.05) is 39.2 Å². The van der Waals surface area contributed by atoms with Gasteiger partial charge < -0.3 is 9.32 Å². The summed E-state index contributed by atoms with van der Waals surface area (Å²) in [6, 6.07) is 0.983. The second-order valence-electron chi connectivity index (χ2n) is 5.24. The maximum atomic E-state index is 12.7. The SMILES string of the molecule is Cc1nnc(CN2CCN(c3cc(C(F)(F)F)ncn3)CC2)o1. The predicted molar refractivity (Wildman–Crippen MR) is 73.6 cm³/mol. The molecule has 0 atom stereocenters. The number of halogens is 3. The number of hydrogen-bond donors (Lipinski definition) is 0. The molecular formula is C13H15F3N6O. The van der Waals surface area contributed by atoms with Gasteiger partial charge in [-0.25, -0.2) is 9.97 Å². The zero-order chi connectivity index (χ0) is 16.4. The fourth-order valence-corrected chi connectivity index (χ4v) is 2.40. The number of piperazine rings is 1. The van der Waals surface area contributed by atoms with Gasteiger partial charge in [-0.15, -0.1) is 10.2 Å². The summed E-state index contributed by atoms with van der Waals surface area (Å²) in [6.45, 7) is 4.75. The molecule has 0 amide bonds. The van der Waals surface area contributed by atoms with E-state index in [9.17, 15) is 13.2 Å². The van der Waals surface area contributed by atoms with Crippen LogP contribution in [0, 0.1) is 6.92 Å². The Labute approximate surface area is 130 Å². The molecule has 1 aliphatic rings. The van der Waals surface area contributed by atoms with Crippen LogP contribution in [0.15, 0.2) is 16.8 Å². The topological polar surface area (TPSA) is 71.2 Å². The number of anilines is 1. The Hall–Kier alpha value is -2.23. The molecule has 23 heavy (non-hydrogen) atoms. The van der Waals surface area contributed by atoms with E-state index in [4.69, 9.17) is 4.42 Å². The molecule has 3 heterocycles. The molecule has 2 aromatic rings. The van der Waals surface area contributed by atoms with Crippen LogP contribution >= 0.6 is 0 Å². The average molecular weight is 328 g/mol. The van der Waals surface area contributed by atoms with E-state index in [0.717, 1.165) is 12.4 Å². The summed E-state index contributed by atoms with van der Waals surface area (Å²) < 4.78 is 43.4. The third-order valence-electron chi connectivity index (χ3n) is 3.57. The molecule has 1 aliphatic heterocycles. The lowest BCUT2D eigenvalue weighted by Gasteiger charge is -2.34. The number of nitrogens with zero attached hydrogens (tertiary/aromatic N) is 6. The minimum absolute atomic E-state index is 0.292. The molecule has 0 radical (unpaired) electrons. The highest BCUT2D eigenvalue weighted by molar-refractivity contribution is 5.40. The van der Waals surface area contributed by atoms with E-state index in [1.165, 1.54) is 0 Å². The molecule has 2 aromatic heterocycles. The Balaban J connectivity index is 1.60. The van der Waals surface area contributed by atoms with Crippen molar-refractivity contribution < 1.29 is 17.6 Å². The average Bonchev–Trinajstić information content (AvgIpc) is 2.92. The normalized spacial score (nSPS) is 16.8. The van der Waals surface area contributed by atoms with Gasteiger partial charge in [0.25, 0.3) is 0 Å². The van der Waals surface area contributed by atoms with E-state index >= 15 is 0 Å². The molecule has 3 rings (SSSR count). The van der Waals surface area contributed by atoms with E-state index in [1.807, 2.05) is 4.90 Å². The van der Waals surface area contributed by atoms with Crippen LogP contribution in [0.3, 0.4) is 0 Å². The number of rotatable bonds is 3. The van der Waals surface area contributed by atoms with Crippen molar-refractivity contribution in [1.82, 2.24) is 25.1 Å². The molecule has 0 aliphatic carbocycles. The van der Waals surface area contributed by atoms with Crippen molar-refractivity contribution in [3.63, 3.8) is 0 Å². The summed E-state index contributed by atoms with van der Waals surface area (Å²) in [6.07, 6.45) is -3.51. The Morgan fingerprint density at radius 2 is 1.87 bits per heavy atom. The number of aryl methyl sites for hydroxylation is 1. The number of aromatic nitrogens is 4. The fourth-order valence-electron chi connectivity index (χ4n) is 2.40. The molecule has 0 saturated carbocycles. The second kappa shape index (κ2) is 6.11. The Kier molecular flexibility index (Phi) is 4.16. The van der Waals surface area contributed by atoms with Gasteiger partial charge in [-0.1, -0.05) is 0 Å². The first kappa shape index (κ1) is 15.7. The summed E-state index contributed by atoms with van der Waals surface area (Å²) in [4.78, 5) is 11.1. The summed E-state index contributed by atoms with van der Waals surface area (Å²) in [5.74, 6) is 1.34. The monoisotopic (exact) mass is 328 g/mol. The molecule has 7 nitrogen and oxygen atoms in total. The zero-order valence-electron chi connectivity index (χ0n) is 12.4. The third-order valence-corrected chi connectivity index (χ3v) is 3.57. The lowest BCUT2D eigenvalue weighted by Crippen LogP contribution is -2.46. The van der Waals surface area contributed by atoms with Crippen molar-refractivity contribution in [3.05, 3.63) is 29.9 Å². The number of hydrogen-bond acceptors (Lipinski definition) is 7. The van der Waals surface area contributed by atoms with Crippen LogP contribution < -0.4 is 4.90 Å². The summed E-state index contributed by atoms with van der Waals surface area (Å²) in [5.41, 5.74) is -0.925. The smallest absolute Gasteiger partial charge is 0.424 e. The molecule has 124 valence electrons. The molecule has 1 saturated heterocycles. The highest BCUT2D eigenvalue weighted by atomic mass is 19.4. The van der Waals surface area contributed by atoms with Crippen LogP contribution in [0.4, 0.5) is 19.0 Å². The molecule has 0 aromatic carbocycles. The summed E-state index contributed by atoms with van der Waals surface area (Å²) in [7, 11) is 0. The van der Waals surface area contributed by atoms with Gasteiger partial charge in [0.1, 0.15) is 17.8 Å². The Bertz CT molecular complexity index is 666. The highest BCUT2D eigenvalue weighted by Crippen LogP contribution is 2.29. The van der Waals surface area contributed by atoms with Crippen LogP contribution in [0.1, 0.15) is 17.5 Å². The molecule has 10 heteroatoms. The minimum Gasteiger partial charge on any atom is -0.424 e. The van der Waals surface area contributed by atoms with Gasteiger partial charge in [-0.3, -0.25) is 4.90 Å². The maximum Gasteiger partial charge on any atom is 0.433 e. The standard InChI is InChI=1S/C13H15F3N6O/c1-9-19-20-12(23-9)7-21-2-4-22(5-3-21)11-6-10(13(14,15)16)17-8-18-11/h6,8H,2-5,7H2,1H3. The largest absolute Gasteiger partial charge is 0.433 e. The maximum absolute atomic E-state index is 12.7. The summed E-state index contributed by atoms with van der Waals surface area (Å²) >= 11 is 0. The van der Waals surface area contributed by atoms with Gasteiger partial charge in [-0.05, 0) is 0 Å². The third kappa shape index (κ3) is 3.76. The van der Waals surface area contributed by atoms with E-state index in [0.29, 0.717) is 50.3 Å². The Morgan fingerprint density at radius 3 is 2.48 bits per heavy atom. The van der Waals surface area contributed by atoms with Crippen molar-refractivity contribution in [1.29, 1.82) is 0 Å². The van der Waals surface area contributed by atoms with Crippen LogP contribution in [0.5, 0.6) is 0 Å². The van der Waals surface area contributed by atoms with E-state index in [1.54, 1.807) is 6.92 Å². The molecule has 0 bridgehead atoms. The van der Waals surface area contributed by atoms with Gasteiger partial charge in [0.15, 0.2) is 0 Å². The van der Waals surface area contributed by atoms with Crippen molar-refractivity contribution in [2.45, 2.75) is 19.6 Å². The van der Waals surface area contributed by atoms with Gasteiger partial charge >= 0.3 is 6.18 Å². The van der Waals surface area contributed by atoms with Crippen molar-refractivity contribution in [2.75, 3.05) is 31.1 Å². The second-order valence-corrected chi connectivity index (χ2v) is 5.24. The minimum atomic E-state index is -4.46. The lowest BCUT2D eigenvalue weighted by molar-refractivity contribution is -0.141. The Morgan fingerprint density at radius 1 is 1.13 bits per heavy atom. The van der Waals surface area contributed by atoms with E-state index < -0.39 is 11.9 Å². The quantitative estimate of drug-likeness (QED) is 0.846. The number of alkyl halides is 3. The van der Waals surface area contributed by atoms with Crippen LogP contribution in [0.25, 0.3) is 0 Å². The van der Waals surface area contributed by atoms with Crippen molar-refractivity contribution in [3.8, 4) is 0 Å². The van der Waals surface area contributed by atoms with Gasteiger partial charge in [-0.2, -0.15) is 13.2 Å². The van der Waals surface area contributed by atoms with E-state index in [2.05, 4.69) is 25.1 Å². The van der Waals surface area contributed by atoms with Gasteiger partial charge in [0.2, 0.25) is 11.8 Å². The summed E-state index contributed by atoms with van der Waals surface area (Å²) in [5, 5.41) is 7.71. The highest BCUT2D eigenvalue weighted by Gasteiger charge is 2.33. The zero-order valence-corrected chi connectivity index (χ0v) is 12.4. The first-order valence-corrected chi connectivity index (χ1v) is 7.07. The predicted octanol–water partition coefficient (Wildman–Crippen LogP) is 1.51. The van der Waals surface area contributed by atoms with E-state index in [-0.39, 0.29) is 0 Å². The van der Waals surface area contributed by atoms with Crippen LogP contribution in [-0.2, 0) is 12.7 Å². The van der Waals surface area contributed by atoms with Crippen LogP contribution in [-0.4, -0.2) is 51.2 Å². The van der Waals surface area contributed by atoms with Gasteiger partial charge in [0.05, 0.1) is 6.54 Å². The van der Waals surface area contributed by atoms with Crippen LogP contribution in [0.2, 0.25) is 0 Å². The molecule has 0 N–H and O–H groups in total.